The van der Waals surface area contributed by atoms with E-state index in [0.29, 0.717) is 26.8 Å². The van der Waals surface area contributed by atoms with Crippen LogP contribution in [0.1, 0.15) is 17.1 Å². The molecule has 5 nitrogen and oxygen atoms in total. The van der Waals surface area contributed by atoms with E-state index in [0.717, 1.165) is 11.3 Å². The number of aryl methyl sites for hydroxylation is 1. The molecule has 0 unspecified atom stereocenters. The molecule has 0 N–H and O–H groups in total. The first-order valence-corrected chi connectivity index (χ1v) is 8.82. The molecule has 0 atom stereocenters. The minimum Gasteiger partial charge on any atom is -0.255 e. The number of pyridine rings is 1. The summed E-state index contributed by atoms with van der Waals surface area (Å²) in [4.78, 5) is 4.21. The highest BCUT2D eigenvalue weighted by atomic mass is 35.5. The standard InChI is InChI=1S/C16H13Cl2N5S/c1-11-21-22-16(23(11)20-9-14-4-2-3-7-19-14)24-10-12-5-6-13(17)8-15(12)18/h2-9H,10H2,1H3/b20-9-. The molecule has 1 aromatic carbocycles. The molecule has 0 saturated heterocycles. The second kappa shape index (κ2) is 7.79. The predicted octanol–water partition coefficient (Wildman–Crippen LogP) is 4.46. The average molecular weight is 378 g/mol. The van der Waals surface area contributed by atoms with Crippen molar-refractivity contribution in [1.82, 2.24) is 19.9 Å². The van der Waals surface area contributed by atoms with Crippen molar-refractivity contribution in [3.63, 3.8) is 0 Å². The summed E-state index contributed by atoms with van der Waals surface area (Å²) in [5.74, 6) is 1.35. The molecule has 8 heteroatoms. The molecule has 0 radical (unpaired) electrons. The second-order valence-corrected chi connectivity index (χ2v) is 6.65. The number of hydrogen-bond donors (Lipinski definition) is 0. The summed E-state index contributed by atoms with van der Waals surface area (Å²) in [5, 5.41) is 14.6. The highest BCUT2D eigenvalue weighted by molar-refractivity contribution is 7.98. The number of benzene rings is 1. The summed E-state index contributed by atoms with van der Waals surface area (Å²) in [7, 11) is 0. The Morgan fingerprint density at radius 3 is 2.83 bits per heavy atom. The lowest BCUT2D eigenvalue weighted by Gasteiger charge is -2.05. The fraction of sp³-hybridized carbons (Fsp3) is 0.125. The maximum Gasteiger partial charge on any atom is 0.212 e. The van der Waals surface area contributed by atoms with Crippen molar-refractivity contribution in [2.24, 2.45) is 5.10 Å². The normalized spacial score (nSPS) is 11.3. The van der Waals surface area contributed by atoms with Crippen LogP contribution in [-0.2, 0) is 5.75 Å². The molecular weight excluding hydrogens is 365 g/mol. The number of nitrogens with zero attached hydrogens (tertiary/aromatic N) is 5. The van der Waals surface area contributed by atoms with Crippen LogP contribution in [0.4, 0.5) is 0 Å². The van der Waals surface area contributed by atoms with Crippen molar-refractivity contribution < 1.29 is 0 Å². The first-order chi connectivity index (χ1) is 11.6. The number of aromatic nitrogens is 4. The zero-order valence-corrected chi connectivity index (χ0v) is 15.1. The lowest BCUT2D eigenvalue weighted by Crippen LogP contribution is -1.97. The minimum atomic E-state index is 0.618. The molecule has 0 aliphatic rings. The summed E-state index contributed by atoms with van der Waals surface area (Å²) in [5.41, 5.74) is 1.74. The largest absolute Gasteiger partial charge is 0.255 e. The van der Waals surface area contributed by atoms with Crippen molar-refractivity contribution in [3.8, 4) is 0 Å². The lowest BCUT2D eigenvalue weighted by molar-refractivity contribution is 0.743. The summed E-state index contributed by atoms with van der Waals surface area (Å²) < 4.78 is 1.68. The third kappa shape index (κ3) is 4.14. The molecule has 0 saturated carbocycles. The highest BCUT2D eigenvalue weighted by Gasteiger charge is 2.10. The van der Waals surface area contributed by atoms with E-state index in [2.05, 4.69) is 20.3 Å². The van der Waals surface area contributed by atoms with Crippen LogP contribution in [-0.4, -0.2) is 26.1 Å². The first-order valence-electron chi connectivity index (χ1n) is 7.07. The molecule has 2 heterocycles. The summed E-state index contributed by atoms with van der Waals surface area (Å²) in [6.07, 6.45) is 3.40. The van der Waals surface area contributed by atoms with Gasteiger partial charge in [0.2, 0.25) is 5.16 Å². The van der Waals surface area contributed by atoms with Crippen LogP contribution >= 0.6 is 35.0 Å². The molecule has 0 aliphatic carbocycles. The van der Waals surface area contributed by atoms with E-state index in [1.54, 1.807) is 23.2 Å². The van der Waals surface area contributed by atoms with Crippen LogP contribution in [0.2, 0.25) is 10.0 Å². The Morgan fingerprint density at radius 2 is 2.08 bits per heavy atom. The molecule has 0 spiro atoms. The molecule has 24 heavy (non-hydrogen) atoms. The van der Waals surface area contributed by atoms with Gasteiger partial charge in [-0.05, 0) is 36.8 Å². The van der Waals surface area contributed by atoms with Gasteiger partial charge in [-0.15, -0.1) is 10.2 Å². The topological polar surface area (TPSA) is 56.0 Å². The average Bonchev–Trinajstić information content (AvgIpc) is 2.93. The van der Waals surface area contributed by atoms with Gasteiger partial charge in [-0.1, -0.05) is 47.1 Å². The Labute approximate surface area is 153 Å². The van der Waals surface area contributed by atoms with E-state index in [9.17, 15) is 0 Å². The van der Waals surface area contributed by atoms with Crippen LogP contribution in [0.25, 0.3) is 0 Å². The van der Waals surface area contributed by atoms with Gasteiger partial charge in [-0.3, -0.25) is 4.98 Å². The Bertz CT molecular complexity index is 864. The van der Waals surface area contributed by atoms with E-state index in [-0.39, 0.29) is 0 Å². The van der Waals surface area contributed by atoms with E-state index in [1.165, 1.54) is 11.8 Å². The van der Waals surface area contributed by atoms with Gasteiger partial charge in [0.05, 0.1) is 11.9 Å². The van der Waals surface area contributed by atoms with Gasteiger partial charge in [0.25, 0.3) is 0 Å². The van der Waals surface area contributed by atoms with Crippen molar-refractivity contribution >= 4 is 41.2 Å². The fourth-order valence-electron chi connectivity index (χ4n) is 1.91. The fourth-order valence-corrected chi connectivity index (χ4v) is 3.40. The molecule has 2 aromatic heterocycles. The molecule has 3 rings (SSSR count). The van der Waals surface area contributed by atoms with E-state index in [1.807, 2.05) is 37.3 Å². The van der Waals surface area contributed by atoms with Crippen LogP contribution in [0.15, 0.2) is 52.9 Å². The zero-order valence-electron chi connectivity index (χ0n) is 12.7. The quantitative estimate of drug-likeness (QED) is 0.486. The van der Waals surface area contributed by atoms with Crippen molar-refractivity contribution in [1.29, 1.82) is 0 Å². The molecule has 0 fully saturated rings. The maximum absolute atomic E-state index is 6.20. The van der Waals surface area contributed by atoms with E-state index in [4.69, 9.17) is 23.2 Å². The lowest BCUT2D eigenvalue weighted by atomic mass is 10.2. The third-order valence-corrected chi connectivity index (χ3v) is 4.69. The number of rotatable bonds is 5. The van der Waals surface area contributed by atoms with Crippen molar-refractivity contribution in [2.45, 2.75) is 17.8 Å². The molecule has 0 aliphatic heterocycles. The van der Waals surface area contributed by atoms with Crippen LogP contribution in [0.5, 0.6) is 0 Å². The highest BCUT2D eigenvalue weighted by Crippen LogP contribution is 2.28. The first kappa shape index (κ1) is 17.0. The molecule has 0 amide bonds. The molecule has 122 valence electrons. The predicted molar refractivity (Wildman–Crippen MR) is 98.0 cm³/mol. The van der Waals surface area contributed by atoms with Crippen molar-refractivity contribution in [2.75, 3.05) is 0 Å². The van der Waals surface area contributed by atoms with Gasteiger partial charge >= 0.3 is 0 Å². The van der Waals surface area contributed by atoms with Gasteiger partial charge in [-0.25, -0.2) is 0 Å². The maximum atomic E-state index is 6.20. The molecular formula is C16H13Cl2N5S. The summed E-state index contributed by atoms with van der Waals surface area (Å²) >= 11 is 13.6. The summed E-state index contributed by atoms with van der Waals surface area (Å²) in [6.45, 7) is 1.85. The number of thioether (sulfide) groups is 1. The number of hydrogen-bond acceptors (Lipinski definition) is 5. The van der Waals surface area contributed by atoms with Crippen molar-refractivity contribution in [3.05, 3.63) is 69.7 Å². The third-order valence-electron chi connectivity index (χ3n) is 3.13. The Hall–Kier alpha value is -1.89. The van der Waals surface area contributed by atoms with Gasteiger partial charge in [0.15, 0.2) is 5.82 Å². The van der Waals surface area contributed by atoms with Gasteiger partial charge in [0, 0.05) is 22.0 Å². The zero-order chi connectivity index (χ0) is 16.9. The SMILES string of the molecule is Cc1nnc(SCc2ccc(Cl)cc2Cl)n1/N=C\c1ccccn1. The Kier molecular flexibility index (Phi) is 5.50. The smallest absolute Gasteiger partial charge is 0.212 e. The van der Waals surface area contributed by atoms with E-state index >= 15 is 0 Å². The van der Waals surface area contributed by atoms with Crippen LogP contribution in [0.3, 0.4) is 0 Å². The van der Waals surface area contributed by atoms with Gasteiger partial charge in [-0.2, -0.15) is 9.78 Å². The minimum absolute atomic E-state index is 0.618. The Balaban J connectivity index is 1.76. The monoisotopic (exact) mass is 377 g/mol. The molecule has 0 bridgehead atoms. The van der Waals surface area contributed by atoms with Gasteiger partial charge < -0.3 is 0 Å². The number of halogens is 2. The second-order valence-electron chi connectivity index (χ2n) is 4.87. The van der Waals surface area contributed by atoms with Gasteiger partial charge in [0.1, 0.15) is 0 Å². The summed E-state index contributed by atoms with van der Waals surface area (Å²) in [6, 6.07) is 11.1. The van der Waals surface area contributed by atoms with Crippen LogP contribution < -0.4 is 0 Å². The molecule has 3 aromatic rings. The Morgan fingerprint density at radius 1 is 1.21 bits per heavy atom. The van der Waals surface area contributed by atoms with E-state index < -0.39 is 0 Å². The van der Waals surface area contributed by atoms with Crippen LogP contribution in [0, 0.1) is 6.92 Å².